The number of carbonyl (C=O) groups excluding carboxylic acids is 2. The molecule has 7 atom stereocenters. The van der Waals surface area contributed by atoms with Gasteiger partial charge in [-0.15, -0.1) is 0 Å². The third kappa shape index (κ3) is 33.4. The Morgan fingerprint density at radius 1 is 0.562 bits per heavy atom. The lowest BCUT2D eigenvalue weighted by atomic mass is 9.99. The SMILES string of the molecule is CCCCCCCC/C=C\CCCCCCCC(=O)OCCCCC/C=C\CCCCCCCC(=O)NC(COC1OC(CO)C(O)C(O)C1O)C(O)/C=C/CCCCCCCCC. The van der Waals surface area contributed by atoms with Crippen molar-refractivity contribution in [3.05, 3.63) is 36.5 Å². The monoisotopic (exact) mass is 908 g/mol. The second-order valence-corrected chi connectivity index (χ2v) is 18.2. The molecular formula is C53H97NO10. The normalized spacial score (nSPS) is 20.1. The average Bonchev–Trinajstić information content (AvgIpc) is 3.29. The summed E-state index contributed by atoms with van der Waals surface area (Å²) in [7, 11) is 0. The molecule has 7 unspecified atom stereocenters. The minimum atomic E-state index is -1.58. The molecule has 1 rings (SSSR count). The van der Waals surface area contributed by atoms with Crippen molar-refractivity contribution in [2.24, 2.45) is 0 Å². The van der Waals surface area contributed by atoms with Crippen LogP contribution in [0.2, 0.25) is 0 Å². The number of allylic oxidation sites excluding steroid dienone is 5. The Balaban J connectivity index is 2.15. The fourth-order valence-corrected chi connectivity index (χ4v) is 7.95. The Morgan fingerprint density at radius 2 is 1.00 bits per heavy atom. The van der Waals surface area contributed by atoms with Crippen molar-refractivity contribution in [2.75, 3.05) is 19.8 Å². The van der Waals surface area contributed by atoms with Crippen LogP contribution in [0.15, 0.2) is 36.5 Å². The fourth-order valence-electron chi connectivity index (χ4n) is 7.95. The molecule has 374 valence electrons. The van der Waals surface area contributed by atoms with Crippen LogP contribution in [0.1, 0.15) is 226 Å². The molecule has 1 aliphatic heterocycles. The first-order chi connectivity index (χ1) is 31.2. The van der Waals surface area contributed by atoms with Gasteiger partial charge in [-0.1, -0.05) is 159 Å². The highest BCUT2D eigenvalue weighted by Crippen LogP contribution is 2.23. The van der Waals surface area contributed by atoms with Gasteiger partial charge in [0.05, 0.1) is 32.0 Å². The molecule has 1 heterocycles. The van der Waals surface area contributed by atoms with Crippen LogP contribution in [0, 0.1) is 0 Å². The van der Waals surface area contributed by atoms with E-state index in [-0.39, 0.29) is 18.5 Å². The van der Waals surface area contributed by atoms with E-state index in [2.05, 4.69) is 43.5 Å². The van der Waals surface area contributed by atoms with Crippen LogP contribution in [-0.4, -0.2) is 100 Å². The van der Waals surface area contributed by atoms with E-state index in [1.165, 1.54) is 103 Å². The molecule has 0 aromatic heterocycles. The molecule has 1 amide bonds. The number of amides is 1. The van der Waals surface area contributed by atoms with Crippen LogP contribution in [-0.2, 0) is 23.8 Å². The van der Waals surface area contributed by atoms with Gasteiger partial charge in [0.25, 0.3) is 0 Å². The molecule has 0 aromatic rings. The van der Waals surface area contributed by atoms with Crippen LogP contribution >= 0.6 is 0 Å². The van der Waals surface area contributed by atoms with Gasteiger partial charge in [-0.25, -0.2) is 0 Å². The van der Waals surface area contributed by atoms with Crippen LogP contribution in [0.4, 0.5) is 0 Å². The number of aliphatic hydroxyl groups excluding tert-OH is 5. The number of carbonyl (C=O) groups is 2. The van der Waals surface area contributed by atoms with E-state index in [1.54, 1.807) is 6.08 Å². The van der Waals surface area contributed by atoms with Gasteiger partial charge in [-0.05, 0) is 89.9 Å². The van der Waals surface area contributed by atoms with Crippen molar-refractivity contribution in [2.45, 2.75) is 269 Å². The maximum atomic E-state index is 12.9. The summed E-state index contributed by atoms with van der Waals surface area (Å²) in [6.07, 6.45) is 40.9. The molecule has 1 aliphatic rings. The lowest BCUT2D eigenvalue weighted by Gasteiger charge is -2.40. The van der Waals surface area contributed by atoms with Crippen molar-refractivity contribution in [1.29, 1.82) is 0 Å². The van der Waals surface area contributed by atoms with Crippen molar-refractivity contribution in [3.63, 3.8) is 0 Å². The van der Waals surface area contributed by atoms with E-state index in [0.29, 0.717) is 19.4 Å². The summed E-state index contributed by atoms with van der Waals surface area (Å²) in [4.78, 5) is 25.0. The van der Waals surface area contributed by atoms with Gasteiger partial charge in [0.15, 0.2) is 6.29 Å². The number of unbranched alkanes of at least 4 members (excludes halogenated alkanes) is 26. The van der Waals surface area contributed by atoms with Crippen molar-refractivity contribution >= 4 is 11.9 Å². The molecule has 6 N–H and O–H groups in total. The number of nitrogens with one attached hydrogen (secondary N) is 1. The molecule has 1 fully saturated rings. The molecule has 0 aliphatic carbocycles. The van der Waals surface area contributed by atoms with E-state index in [1.807, 2.05) is 6.08 Å². The predicted octanol–water partition coefficient (Wildman–Crippen LogP) is 10.8. The van der Waals surface area contributed by atoms with Crippen LogP contribution in [0.25, 0.3) is 0 Å². The zero-order chi connectivity index (χ0) is 46.7. The summed E-state index contributed by atoms with van der Waals surface area (Å²) in [5, 5.41) is 54.1. The molecular weight excluding hydrogens is 811 g/mol. The second kappa shape index (κ2) is 43.5. The number of esters is 1. The Morgan fingerprint density at radius 3 is 1.50 bits per heavy atom. The molecule has 0 radical (unpaired) electrons. The summed E-state index contributed by atoms with van der Waals surface area (Å²) < 4.78 is 16.6. The molecule has 0 bridgehead atoms. The number of hydrogen-bond donors (Lipinski definition) is 6. The fraction of sp³-hybridized carbons (Fsp3) is 0.849. The maximum Gasteiger partial charge on any atom is 0.305 e. The Bertz CT molecular complexity index is 1160. The van der Waals surface area contributed by atoms with E-state index in [9.17, 15) is 35.1 Å². The highest BCUT2D eigenvalue weighted by Gasteiger charge is 2.44. The maximum absolute atomic E-state index is 12.9. The number of rotatable bonds is 44. The molecule has 0 aromatic carbocycles. The minimum absolute atomic E-state index is 0.0557. The van der Waals surface area contributed by atoms with Gasteiger partial charge in [0.2, 0.25) is 5.91 Å². The highest BCUT2D eigenvalue weighted by molar-refractivity contribution is 5.76. The topological polar surface area (TPSA) is 175 Å². The predicted molar refractivity (Wildman–Crippen MR) is 260 cm³/mol. The first-order valence-electron chi connectivity index (χ1n) is 26.3. The van der Waals surface area contributed by atoms with Gasteiger partial charge in [0.1, 0.15) is 24.4 Å². The van der Waals surface area contributed by atoms with E-state index >= 15 is 0 Å². The molecule has 11 nitrogen and oxygen atoms in total. The van der Waals surface area contributed by atoms with Crippen LogP contribution in [0.5, 0.6) is 0 Å². The smallest absolute Gasteiger partial charge is 0.305 e. The third-order valence-electron chi connectivity index (χ3n) is 12.2. The Labute approximate surface area is 390 Å². The largest absolute Gasteiger partial charge is 0.466 e. The quantitative estimate of drug-likeness (QED) is 0.0196. The summed E-state index contributed by atoms with van der Waals surface area (Å²) in [6, 6.07) is -0.827. The third-order valence-corrected chi connectivity index (χ3v) is 12.2. The standard InChI is InChI=1S/C53H97NO10/c1-3-5-7-9-11-13-14-15-16-17-21-25-29-33-37-41-49(58)62-42-38-34-30-26-22-19-18-20-24-28-32-36-40-48(57)54-45(46(56)39-35-31-27-23-12-10-8-6-4-2)44-63-53-52(61)51(60)50(59)47(43-55)64-53/h15-16,19,22,35,39,45-47,50-53,55-56,59-61H,3-14,17-18,20-21,23-34,36-38,40-44H2,1-2H3,(H,54,57)/b16-15-,22-19-,39-35+. The second-order valence-electron chi connectivity index (χ2n) is 18.2. The van der Waals surface area contributed by atoms with Gasteiger partial charge in [0, 0.05) is 12.8 Å². The van der Waals surface area contributed by atoms with Crippen molar-refractivity contribution < 1.29 is 49.3 Å². The van der Waals surface area contributed by atoms with E-state index in [0.717, 1.165) is 96.3 Å². The number of aliphatic hydroxyl groups is 5. The van der Waals surface area contributed by atoms with Crippen molar-refractivity contribution in [1.82, 2.24) is 5.32 Å². The minimum Gasteiger partial charge on any atom is -0.466 e. The van der Waals surface area contributed by atoms with Gasteiger partial charge in [-0.3, -0.25) is 9.59 Å². The zero-order valence-electron chi connectivity index (χ0n) is 40.7. The summed E-state index contributed by atoms with van der Waals surface area (Å²) in [6.45, 7) is 4.20. The molecule has 1 saturated heterocycles. The Hall–Kier alpha value is -2.12. The number of ether oxygens (including phenoxy) is 3. The van der Waals surface area contributed by atoms with Gasteiger partial charge in [-0.2, -0.15) is 0 Å². The number of hydrogen-bond acceptors (Lipinski definition) is 10. The van der Waals surface area contributed by atoms with Crippen molar-refractivity contribution in [3.8, 4) is 0 Å². The first-order valence-corrected chi connectivity index (χ1v) is 26.3. The Kier molecular flexibility index (Phi) is 40.7. The van der Waals surface area contributed by atoms with Gasteiger partial charge < -0.3 is 45.1 Å². The summed E-state index contributed by atoms with van der Waals surface area (Å²) in [5.41, 5.74) is 0. The molecule has 11 heteroatoms. The van der Waals surface area contributed by atoms with Crippen LogP contribution < -0.4 is 5.32 Å². The average molecular weight is 908 g/mol. The molecule has 0 spiro atoms. The lowest BCUT2D eigenvalue weighted by molar-refractivity contribution is -0.302. The zero-order valence-corrected chi connectivity index (χ0v) is 40.7. The molecule has 0 saturated carbocycles. The molecule has 64 heavy (non-hydrogen) atoms. The summed E-state index contributed by atoms with van der Waals surface area (Å²) in [5.74, 6) is -0.267. The first kappa shape index (κ1) is 59.9. The summed E-state index contributed by atoms with van der Waals surface area (Å²) >= 11 is 0. The van der Waals surface area contributed by atoms with Gasteiger partial charge >= 0.3 is 5.97 Å². The van der Waals surface area contributed by atoms with E-state index in [4.69, 9.17) is 14.2 Å². The lowest BCUT2D eigenvalue weighted by Crippen LogP contribution is -2.60. The van der Waals surface area contributed by atoms with E-state index < -0.39 is 49.5 Å². The van der Waals surface area contributed by atoms with Crippen LogP contribution in [0.3, 0.4) is 0 Å². The highest BCUT2D eigenvalue weighted by atomic mass is 16.7.